The predicted molar refractivity (Wildman–Crippen MR) is 93.7 cm³/mol. The maximum Gasteiger partial charge on any atom is 0.348 e. The number of anilines is 2. The summed E-state index contributed by atoms with van der Waals surface area (Å²) >= 11 is 1.15. The van der Waals surface area contributed by atoms with Gasteiger partial charge in [0, 0.05) is 11.3 Å². The lowest BCUT2D eigenvalue weighted by Gasteiger charge is -2.05. The average molecular weight is 324 g/mol. The summed E-state index contributed by atoms with van der Waals surface area (Å²) < 4.78 is 0. The maximum absolute atomic E-state index is 11.5. The third kappa shape index (κ3) is 3.40. The van der Waals surface area contributed by atoms with E-state index in [1.807, 2.05) is 56.3 Å². The molecular weight excluding hydrogens is 308 g/mol. The van der Waals surface area contributed by atoms with E-state index in [2.05, 4.69) is 16.4 Å². The number of hydrogen-bond donors (Lipinski definition) is 2. The van der Waals surface area contributed by atoms with Gasteiger partial charge in [0.2, 0.25) is 0 Å². The number of carboxylic acids is 1. The lowest BCUT2D eigenvalue weighted by atomic mass is 10.1. The molecule has 0 atom stereocenters. The molecule has 4 nitrogen and oxygen atoms in total. The van der Waals surface area contributed by atoms with Crippen LogP contribution in [0.3, 0.4) is 0 Å². The van der Waals surface area contributed by atoms with E-state index in [1.165, 1.54) is 0 Å². The number of rotatable bonds is 4. The van der Waals surface area contributed by atoms with Crippen molar-refractivity contribution in [1.29, 1.82) is 0 Å². The second-order valence-corrected chi connectivity index (χ2v) is 6.37. The van der Waals surface area contributed by atoms with Gasteiger partial charge < -0.3 is 10.4 Å². The zero-order chi connectivity index (χ0) is 16.4. The van der Waals surface area contributed by atoms with Crippen molar-refractivity contribution in [3.63, 3.8) is 0 Å². The Labute approximate surface area is 138 Å². The normalized spacial score (nSPS) is 10.5. The monoisotopic (exact) mass is 324 g/mol. The first kappa shape index (κ1) is 15.2. The Kier molecular flexibility index (Phi) is 4.12. The van der Waals surface area contributed by atoms with Crippen LogP contribution in [-0.4, -0.2) is 16.1 Å². The van der Waals surface area contributed by atoms with E-state index in [-0.39, 0.29) is 4.88 Å². The van der Waals surface area contributed by atoms with Gasteiger partial charge in [-0.2, -0.15) is 0 Å². The highest BCUT2D eigenvalue weighted by Gasteiger charge is 2.18. The highest BCUT2D eigenvalue weighted by Crippen LogP contribution is 2.33. The van der Waals surface area contributed by atoms with Crippen LogP contribution >= 0.6 is 11.3 Å². The molecule has 0 saturated heterocycles. The molecule has 0 radical (unpaired) electrons. The van der Waals surface area contributed by atoms with Crippen molar-refractivity contribution in [3.05, 3.63) is 64.5 Å². The Morgan fingerprint density at radius 3 is 2.35 bits per heavy atom. The molecule has 0 saturated carbocycles. The van der Waals surface area contributed by atoms with Crippen LogP contribution in [-0.2, 0) is 0 Å². The Hall–Kier alpha value is -2.66. The fraction of sp³-hybridized carbons (Fsp3) is 0.111. The van der Waals surface area contributed by atoms with E-state index in [1.54, 1.807) is 0 Å². The summed E-state index contributed by atoms with van der Waals surface area (Å²) in [6.07, 6.45) is 0. The fourth-order valence-electron chi connectivity index (χ4n) is 2.48. The third-order valence-corrected chi connectivity index (χ3v) is 4.30. The summed E-state index contributed by atoms with van der Waals surface area (Å²) in [5, 5.41) is 13.2. The van der Waals surface area contributed by atoms with Gasteiger partial charge in [-0.05, 0) is 37.1 Å². The molecular formula is C18H16N2O2S. The number of carboxylic acid groups (broad SMARTS) is 1. The van der Waals surface area contributed by atoms with E-state index < -0.39 is 5.97 Å². The molecule has 2 aromatic carbocycles. The number of thiazole rings is 1. The predicted octanol–water partition coefficient (Wildman–Crippen LogP) is 4.87. The van der Waals surface area contributed by atoms with Gasteiger partial charge in [0.05, 0.1) is 5.69 Å². The second kappa shape index (κ2) is 6.22. The van der Waals surface area contributed by atoms with Crippen LogP contribution in [0.25, 0.3) is 11.3 Å². The van der Waals surface area contributed by atoms with E-state index in [0.29, 0.717) is 10.8 Å². The van der Waals surface area contributed by atoms with Crippen molar-refractivity contribution >= 4 is 28.1 Å². The topological polar surface area (TPSA) is 62.2 Å². The zero-order valence-corrected chi connectivity index (χ0v) is 13.6. The quantitative estimate of drug-likeness (QED) is 0.719. The van der Waals surface area contributed by atoms with Gasteiger partial charge in [-0.1, -0.05) is 47.7 Å². The molecule has 0 aliphatic carbocycles. The summed E-state index contributed by atoms with van der Waals surface area (Å²) in [5.74, 6) is -0.963. The first-order chi connectivity index (χ1) is 11.0. The molecule has 2 N–H and O–H groups in total. The molecule has 1 aromatic heterocycles. The largest absolute Gasteiger partial charge is 0.477 e. The van der Waals surface area contributed by atoms with E-state index in [0.717, 1.165) is 33.7 Å². The Morgan fingerprint density at radius 2 is 1.74 bits per heavy atom. The average Bonchev–Trinajstić information content (AvgIpc) is 2.91. The molecule has 0 aliphatic rings. The minimum Gasteiger partial charge on any atom is -0.477 e. The third-order valence-electron chi connectivity index (χ3n) is 3.34. The van der Waals surface area contributed by atoms with Gasteiger partial charge in [-0.3, -0.25) is 0 Å². The van der Waals surface area contributed by atoms with Gasteiger partial charge in [0.15, 0.2) is 5.13 Å². The summed E-state index contributed by atoms with van der Waals surface area (Å²) in [6, 6.07) is 15.5. The molecule has 3 rings (SSSR count). The SMILES string of the molecule is Cc1cc(C)cc(Nc2nc(-c3ccccc3)c(C(=O)O)s2)c1. The van der Waals surface area contributed by atoms with Crippen LogP contribution in [0, 0.1) is 13.8 Å². The summed E-state index contributed by atoms with van der Waals surface area (Å²) in [6.45, 7) is 4.05. The molecule has 0 amide bonds. The van der Waals surface area contributed by atoms with Crippen LogP contribution < -0.4 is 5.32 Å². The van der Waals surface area contributed by atoms with E-state index in [4.69, 9.17) is 0 Å². The Bertz CT molecular complexity index is 836. The number of aromatic carboxylic acids is 1. The number of carbonyl (C=O) groups is 1. The number of nitrogens with zero attached hydrogens (tertiary/aromatic N) is 1. The molecule has 1 heterocycles. The van der Waals surface area contributed by atoms with Crippen molar-refractivity contribution < 1.29 is 9.90 Å². The standard InChI is InChI=1S/C18H16N2O2S/c1-11-8-12(2)10-14(9-11)19-18-20-15(16(23-18)17(21)22)13-6-4-3-5-7-13/h3-10H,1-2H3,(H,19,20)(H,21,22). The lowest BCUT2D eigenvalue weighted by molar-refractivity contribution is 0.0702. The first-order valence-corrected chi connectivity index (χ1v) is 7.99. The maximum atomic E-state index is 11.5. The minimum absolute atomic E-state index is 0.239. The van der Waals surface area contributed by atoms with E-state index >= 15 is 0 Å². The van der Waals surface area contributed by atoms with Crippen LogP contribution in [0.4, 0.5) is 10.8 Å². The van der Waals surface area contributed by atoms with Crippen molar-refractivity contribution in [2.75, 3.05) is 5.32 Å². The number of aromatic nitrogens is 1. The number of aryl methyl sites for hydroxylation is 2. The van der Waals surface area contributed by atoms with Crippen molar-refractivity contribution in [2.45, 2.75) is 13.8 Å². The number of benzene rings is 2. The second-order valence-electron chi connectivity index (χ2n) is 5.37. The minimum atomic E-state index is -0.963. The zero-order valence-electron chi connectivity index (χ0n) is 12.8. The van der Waals surface area contributed by atoms with E-state index in [9.17, 15) is 9.90 Å². The Balaban J connectivity index is 1.99. The molecule has 0 aliphatic heterocycles. The van der Waals surface area contributed by atoms with Crippen LogP contribution in [0.15, 0.2) is 48.5 Å². The van der Waals surface area contributed by atoms with Gasteiger partial charge >= 0.3 is 5.97 Å². The van der Waals surface area contributed by atoms with Crippen LogP contribution in [0.1, 0.15) is 20.8 Å². The molecule has 23 heavy (non-hydrogen) atoms. The summed E-state index contributed by atoms with van der Waals surface area (Å²) in [7, 11) is 0. The molecule has 0 bridgehead atoms. The Morgan fingerprint density at radius 1 is 1.09 bits per heavy atom. The first-order valence-electron chi connectivity index (χ1n) is 7.18. The van der Waals surface area contributed by atoms with Crippen LogP contribution in [0.2, 0.25) is 0 Å². The van der Waals surface area contributed by atoms with Gasteiger partial charge in [0.25, 0.3) is 0 Å². The van der Waals surface area contributed by atoms with Crippen molar-refractivity contribution in [1.82, 2.24) is 4.98 Å². The number of hydrogen-bond acceptors (Lipinski definition) is 4. The fourth-order valence-corrected chi connectivity index (χ4v) is 3.33. The van der Waals surface area contributed by atoms with Gasteiger partial charge in [-0.15, -0.1) is 0 Å². The molecule has 116 valence electrons. The molecule has 0 unspecified atom stereocenters. The van der Waals surface area contributed by atoms with Crippen LogP contribution in [0.5, 0.6) is 0 Å². The molecule has 0 spiro atoms. The molecule has 5 heteroatoms. The molecule has 0 fully saturated rings. The highest BCUT2D eigenvalue weighted by atomic mass is 32.1. The smallest absolute Gasteiger partial charge is 0.348 e. The lowest BCUT2D eigenvalue weighted by Crippen LogP contribution is -1.95. The summed E-state index contributed by atoms with van der Waals surface area (Å²) in [5.41, 5.74) is 4.49. The van der Waals surface area contributed by atoms with Crippen molar-refractivity contribution in [3.8, 4) is 11.3 Å². The number of nitrogens with one attached hydrogen (secondary N) is 1. The molecule has 3 aromatic rings. The van der Waals surface area contributed by atoms with Gasteiger partial charge in [-0.25, -0.2) is 9.78 Å². The van der Waals surface area contributed by atoms with Crippen molar-refractivity contribution in [2.24, 2.45) is 0 Å². The summed E-state index contributed by atoms with van der Waals surface area (Å²) in [4.78, 5) is 16.2. The highest BCUT2D eigenvalue weighted by molar-refractivity contribution is 7.18. The van der Waals surface area contributed by atoms with Gasteiger partial charge in [0.1, 0.15) is 4.88 Å².